The lowest BCUT2D eigenvalue weighted by Crippen LogP contribution is -2.43. The molecule has 5 N–H and O–H groups in total. The molecular weight excluding hydrogens is 423 g/mol. The van der Waals surface area contributed by atoms with Gasteiger partial charge in [-0.25, -0.2) is 4.98 Å². The monoisotopic (exact) mass is 450 g/mol. The molecule has 33 heavy (non-hydrogen) atoms. The van der Waals surface area contributed by atoms with Gasteiger partial charge in [0.25, 0.3) is 5.91 Å². The lowest BCUT2D eigenvalue weighted by molar-refractivity contribution is 0.1000. The van der Waals surface area contributed by atoms with E-state index in [9.17, 15) is 9.18 Å². The Morgan fingerprint density at radius 3 is 2.82 bits per heavy atom. The highest BCUT2D eigenvalue weighted by molar-refractivity contribution is 5.98. The third-order valence-corrected chi connectivity index (χ3v) is 6.17. The second-order valence-corrected chi connectivity index (χ2v) is 8.34. The minimum Gasteiger partial charge on any atom is -0.365 e. The fourth-order valence-corrected chi connectivity index (χ4v) is 4.35. The summed E-state index contributed by atoms with van der Waals surface area (Å²) >= 11 is 0. The zero-order valence-corrected chi connectivity index (χ0v) is 18.2. The number of primary amides is 1. The number of aromatic nitrogens is 4. The van der Waals surface area contributed by atoms with Crippen molar-refractivity contribution in [2.45, 2.75) is 50.2 Å². The standard InChI is InChI=1S/C23H27FN8O/c24-20-12-18(5-11-28-20)30-22-19(21(26)33)15-32(31-22)23(8-9-25)6-3-17(4-7-23)29-14-16-2-1-10-27-13-16/h1-2,5,9-13,15,17,25,29H,3-4,6-8,14H2,(H2,26,33)(H,28,30,31). The Labute approximate surface area is 191 Å². The van der Waals surface area contributed by atoms with Crippen LogP contribution >= 0.6 is 0 Å². The predicted molar refractivity (Wildman–Crippen MR) is 123 cm³/mol. The predicted octanol–water partition coefficient (Wildman–Crippen LogP) is 3.12. The molecule has 0 aliphatic heterocycles. The van der Waals surface area contributed by atoms with E-state index in [2.05, 4.69) is 25.7 Å². The Kier molecular flexibility index (Phi) is 6.74. The summed E-state index contributed by atoms with van der Waals surface area (Å²) < 4.78 is 15.3. The van der Waals surface area contributed by atoms with Gasteiger partial charge in [0.2, 0.25) is 5.95 Å². The molecule has 0 atom stereocenters. The molecule has 1 amide bonds. The maximum absolute atomic E-state index is 13.5. The number of hydrogen-bond donors (Lipinski definition) is 4. The lowest BCUT2D eigenvalue weighted by Gasteiger charge is -2.40. The Balaban J connectivity index is 1.51. The number of nitrogens with one attached hydrogen (secondary N) is 3. The Morgan fingerprint density at radius 2 is 2.15 bits per heavy atom. The van der Waals surface area contributed by atoms with E-state index in [4.69, 9.17) is 11.1 Å². The summed E-state index contributed by atoms with van der Waals surface area (Å²) in [5.74, 6) is -1.01. The second-order valence-electron chi connectivity index (χ2n) is 8.34. The molecule has 0 bridgehead atoms. The minimum atomic E-state index is -0.641. The van der Waals surface area contributed by atoms with Crippen molar-refractivity contribution in [2.75, 3.05) is 5.32 Å². The zero-order valence-electron chi connectivity index (χ0n) is 18.2. The number of halogens is 1. The molecule has 0 radical (unpaired) electrons. The van der Waals surface area contributed by atoms with Crippen molar-refractivity contribution >= 4 is 23.6 Å². The molecule has 1 saturated carbocycles. The van der Waals surface area contributed by atoms with E-state index in [1.807, 2.05) is 18.3 Å². The van der Waals surface area contributed by atoms with Gasteiger partial charge in [-0.3, -0.25) is 14.5 Å². The summed E-state index contributed by atoms with van der Waals surface area (Å²) in [6, 6.07) is 7.11. The van der Waals surface area contributed by atoms with Crippen LogP contribution in [0.3, 0.4) is 0 Å². The fourth-order valence-electron chi connectivity index (χ4n) is 4.35. The summed E-state index contributed by atoms with van der Waals surface area (Å²) in [6.45, 7) is 0.750. The van der Waals surface area contributed by atoms with Crippen molar-refractivity contribution in [2.24, 2.45) is 5.73 Å². The van der Waals surface area contributed by atoms with Crippen LogP contribution < -0.4 is 16.4 Å². The molecule has 0 unspecified atom stereocenters. The van der Waals surface area contributed by atoms with Crippen molar-refractivity contribution in [1.29, 1.82) is 5.41 Å². The molecule has 1 aliphatic carbocycles. The Morgan fingerprint density at radius 1 is 1.33 bits per heavy atom. The highest BCUT2D eigenvalue weighted by atomic mass is 19.1. The summed E-state index contributed by atoms with van der Waals surface area (Å²) in [7, 11) is 0. The minimum absolute atomic E-state index is 0.216. The van der Waals surface area contributed by atoms with E-state index in [1.54, 1.807) is 23.1 Å². The molecular formula is C23H27FN8O. The average Bonchev–Trinajstić information content (AvgIpc) is 3.24. The fraction of sp³-hybridized carbons (Fsp3) is 0.348. The topological polar surface area (TPSA) is 135 Å². The maximum atomic E-state index is 13.5. The molecule has 0 saturated heterocycles. The molecule has 3 aromatic rings. The molecule has 0 aromatic carbocycles. The van der Waals surface area contributed by atoms with E-state index in [0.717, 1.165) is 37.8 Å². The SMILES string of the molecule is N=CCC1(n2cc(C(N)=O)c(Nc3ccnc(F)c3)n2)CCC(NCc2cccnc2)CC1. The molecule has 3 heterocycles. The van der Waals surface area contributed by atoms with Crippen molar-refractivity contribution < 1.29 is 9.18 Å². The van der Waals surface area contributed by atoms with Crippen LogP contribution in [0.1, 0.15) is 48.0 Å². The Bertz CT molecular complexity index is 1110. The van der Waals surface area contributed by atoms with E-state index in [1.165, 1.54) is 18.5 Å². The number of amides is 1. The van der Waals surface area contributed by atoms with Crippen LogP contribution in [0.25, 0.3) is 0 Å². The van der Waals surface area contributed by atoms with Gasteiger partial charge in [0.15, 0.2) is 5.82 Å². The highest BCUT2D eigenvalue weighted by Gasteiger charge is 2.38. The first kappa shape index (κ1) is 22.5. The van der Waals surface area contributed by atoms with Crippen molar-refractivity contribution in [1.82, 2.24) is 25.1 Å². The number of hydrogen-bond acceptors (Lipinski definition) is 7. The van der Waals surface area contributed by atoms with Gasteiger partial charge in [0, 0.05) is 55.5 Å². The molecule has 10 heteroatoms. The molecule has 4 rings (SSSR count). The second kappa shape index (κ2) is 9.86. The van der Waals surface area contributed by atoms with Crippen LogP contribution in [0.4, 0.5) is 15.9 Å². The van der Waals surface area contributed by atoms with Crippen molar-refractivity contribution in [3.63, 3.8) is 0 Å². The largest absolute Gasteiger partial charge is 0.365 e. The number of nitrogens with zero attached hydrogens (tertiary/aromatic N) is 4. The van der Waals surface area contributed by atoms with E-state index in [-0.39, 0.29) is 11.4 Å². The number of rotatable bonds is 9. The smallest absolute Gasteiger partial charge is 0.254 e. The van der Waals surface area contributed by atoms with Crippen LogP contribution in [0.5, 0.6) is 0 Å². The van der Waals surface area contributed by atoms with Crippen molar-refractivity contribution in [3.8, 4) is 0 Å². The number of carbonyl (C=O) groups is 1. The molecule has 1 fully saturated rings. The van der Waals surface area contributed by atoms with Crippen LogP contribution in [0, 0.1) is 11.4 Å². The number of carbonyl (C=O) groups excluding carboxylic acids is 1. The maximum Gasteiger partial charge on any atom is 0.254 e. The molecule has 9 nitrogen and oxygen atoms in total. The first-order valence-electron chi connectivity index (χ1n) is 10.9. The Hall–Kier alpha value is -3.66. The van der Waals surface area contributed by atoms with Gasteiger partial charge in [-0.2, -0.15) is 9.49 Å². The number of pyridine rings is 2. The van der Waals surface area contributed by atoms with Crippen LogP contribution in [0.2, 0.25) is 0 Å². The van der Waals surface area contributed by atoms with Gasteiger partial charge in [-0.15, -0.1) is 0 Å². The van der Waals surface area contributed by atoms with Gasteiger partial charge in [-0.1, -0.05) is 6.07 Å². The molecule has 0 spiro atoms. The van der Waals surface area contributed by atoms with Gasteiger partial charge < -0.3 is 21.8 Å². The van der Waals surface area contributed by atoms with Gasteiger partial charge >= 0.3 is 0 Å². The van der Waals surface area contributed by atoms with Gasteiger partial charge in [-0.05, 0) is 49.6 Å². The van der Waals surface area contributed by atoms with Crippen LogP contribution in [0.15, 0.2) is 49.1 Å². The summed E-state index contributed by atoms with van der Waals surface area (Å²) in [5.41, 5.74) is 6.93. The van der Waals surface area contributed by atoms with Gasteiger partial charge in [0.1, 0.15) is 5.56 Å². The first-order valence-corrected chi connectivity index (χ1v) is 10.9. The highest BCUT2D eigenvalue weighted by Crippen LogP contribution is 2.38. The van der Waals surface area contributed by atoms with Crippen LogP contribution in [-0.4, -0.2) is 37.9 Å². The summed E-state index contributed by atoms with van der Waals surface area (Å²) in [6.07, 6.45) is 11.8. The molecule has 1 aliphatic rings. The zero-order chi connectivity index (χ0) is 23.3. The number of nitrogens with two attached hydrogens (primary N) is 1. The quantitative estimate of drug-likeness (QED) is 0.292. The first-order chi connectivity index (χ1) is 16.0. The summed E-state index contributed by atoms with van der Waals surface area (Å²) in [4.78, 5) is 19.8. The average molecular weight is 451 g/mol. The summed E-state index contributed by atoms with van der Waals surface area (Å²) in [5, 5.41) is 18.9. The number of anilines is 2. The van der Waals surface area contributed by atoms with E-state index < -0.39 is 17.4 Å². The van der Waals surface area contributed by atoms with Crippen LogP contribution in [-0.2, 0) is 12.1 Å². The van der Waals surface area contributed by atoms with Gasteiger partial charge in [0.05, 0.1) is 5.54 Å². The third kappa shape index (κ3) is 5.23. The third-order valence-electron chi connectivity index (χ3n) is 6.17. The molecule has 3 aromatic heterocycles. The van der Waals surface area contributed by atoms with E-state index in [0.29, 0.717) is 18.2 Å². The lowest BCUT2D eigenvalue weighted by atomic mass is 9.77. The van der Waals surface area contributed by atoms with E-state index >= 15 is 0 Å². The molecule has 172 valence electrons. The normalized spacial score (nSPS) is 20.3. The van der Waals surface area contributed by atoms with Crippen molar-refractivity contribution in [3.05, 3.63) is 66.1 Å².